The van der Waals surface area contributed by atoms with Gasteiger partial charge >= 0.3 is 0 Å². The topological polar surface area (TPSA) is 41.6 Å². The molecule has 0 radical (unpaired) electrons. The van der Waals surface area contributed by atoms with Crippen molar-refractivity contribution in [3.8, 4) is 5.75 Å². The molecule has 1 aromatic carbocycles. The molecule has 4 nitrogen and oxygen atoms in total. The third-order valence-electron chi connectivity index (χ3n) is 3.61. The average Bonchev–Trinajstić information content (AvgIpc) is 3.08. The van der Waals surface area contributed by atoms with E-state index in [1.807, 2.05) is 36.4 Å². The number of carbonyl (C=O) groups is 1. The maximum absolute atomic E-state index is 12.1. The van der Waals surface area contributed by atoms with Crippen molar-refractivity contribution in [3.05, 3.63) is 64.9 Å². The van der Waals surface area contributed by atoms with E-state index in [2.05, 4.69) is 28.2 Å². The van der Waals surface area contributed by atoms with E-state index in [1.165, 1.54) is 10.4 Å². The van der Waals surface area contributed by atoms with Gasteiger partial charge in [0, 0.05) is 24.5 Å². The number of amides is 1. The molecule has 1 N–H and O–H groups in total. The lowest BCUT2D eigenvalue weighted by atomic mass is 10.1. The summed E-state index contributed by atoms with van der Waals surface area (Å²) in [7, 11) is 1.65. The number of hydrogen-bond acceptors (Lipinski definition) is 4. The van der Waals surface area contributed by atoms with Gasteiger partial charge in [-0.15, -0.1) is 17.9 Å². The average molecular weight is 344 g/mol. The monoisotopic (exact) mass is 344 g/mol. The molecule has 0 bridgehead atoms. The van der Waals surface area contributed by atoms with Crippen LogP contribution in [0, 0.1) is 0 Å². The van der Waals surface area contributed by atoms with Crippen molar-refractivity contribution in [3.63, 3.8) is 0 Å². The summed E-state index contributed by atoms with van der Waals surface area (Å²) in [6, 6.07) is 12.0. The number of ether oxygens (including phenoxy) is 1. The van der Waals surface area contributed by atoms with Crippen molar-refractivity contribution < 1.29 is 9.53 Å². The van der Waals surface area contributed by atoms with Gasteiger partial charge in [-0.1, -0.05) is 24.3 Å². The molecular weight excluding hydrogens is 320 g/mol. The van der Waals surface area contributed by atoms with E-state index in [0.717, 1.165) is 18.7 Å². The van der Waals surface area contributed by atoms with Gasteiger partial charge in [0.05, 0.1) is 13.7 Å². The first kappa shape index (κ1) is 18.2. The summed E-state index contributed by atoms with van der Waals surface area (Å²) in [6.07, 6.45) is 2.64. The molecular formula is C19H24N2O2S. The molecule has 5 heteroatoms. The largest absolute Gasteiger partial charge is 0.497 e. The van der Waals surface area contributed by atoms with Gasteiger partial charge < -0.3 is 10.1 Å². The number of carbonyl (C=O) groups excluding carboxylic acids is 1. The SMILES string of the molecule is C=CCN(CC(=O)NCCc1ccc(OC)cc1)Cc1cccs1. The van der Waals surface area contributed by atoms with Crippen molar-refractivity contribution in [1.29, 1.82) is 0 Å². The van der Waals surface area contributed by atoms with Gasteiger partial charge in [0.1, 0.15) is 5.75 Å². The second-order valence-electron chi connectivity index (χ2n) is 5.49. The van der Waals surface area contributed by atoms with Crippen LogP contribution >= 0.6 is 11.3 Å². The van der Waals surface area contributed by atoms with E-state index < -0.39 is 0 Å². The molecule has 0 aliphatic rings. The number of benzene rings is 1. The summed E-state index contributed by atoms with van der Waals surface area (Å²) in [5.41, 5.74) is 1.18. The van der Waals surface area contributed by atoms with Gasteiger partial charge in [0.25, 0.3) is 0 Å². The molecule has 1 amide bonds. The lowest BCUT2D eigenvalue weighted by Gasteiger charge is -2.19. The summed E-state index contributed by atoms with van der Waals surface area (Å²) in [5, 5.41) is 5.04. The third kappa shape index (κ3) is 6.18. The Hall–Kier alpha value is -2.11. The Morgan fingerprint density at radius 2 is 2.12 bits per heavy atom. The highest BCUT2D eigenvalue weighted by Gasteiger charge is 2.10. The molecule has 0 saturated heterocycles. The van der Waals surface area contributed by atoms with Crippen LogP contribution in [0.25, 0.3) is 0 Å². The number of hydrogen-bond donors (Lipinski definition) is 1. The fourth-order valence-corrected chi connectivity index (χ4v) is 3.13. The van der Waals surface area contributed by atoms with Gasteiger partial charge in [0.15, 0.2) is 0 Å². The van der Waals surface area contributed by atoms with Crippen LogP contribution in [-0.2, 0) is 17.8 Å². The zero-order chi connectivity index (χ0) is 17.2. The molecule has 2 aromatic rings. The predicted molar refractivity (Wildman–Crippen MR) is 99.5 cm³/mol. The first-order valence-corrected chi connectivity index (χ1v) is 8.84. The molecule has 0 saturated carbocycles. The van der Waals surface area contributed by atoms with Gasteiger partial charge in [-0.3, -0.25) is 9.69 Å². The highest BCUT2D eigenvalue weighted by molar-refractivity contribution is 7.09. The summed E-state index contributed by atoms with van der Waals surface area (Å²) in [5.74, 6) is 0.887. The molecule has 24 heavy (non-hydrogen) atoms. The summed E-state index contributed by atoms with van der Waals surface area (Å²) in [4.78, 5) is 15.5. The fourth-order valence-electron chi connectivity index (χ4n) is 2.39. The van der Waals surface area contributed by atoms with Crippen molar-refractivity contribution >= 4 is 17.2 Å². The van der Waals surface area contributed by atoms with Crippen molar-refractivity contribution in [2.24, 2.45) is 0 Å². The lowest BCUT2D eigenvalue weighted by Crippen LogP contribution is -2.37. The van der Waals surface area contributed by atoms with Crippen LogP contribution in [0.4, 0.5) is 0 Å². The lowest BCUT2D eigenvalue weighted by molar-refractivity contribution is -0.122. The number of rotatable bonds is 10. The number of thiophene rings is 1. The number of nitrogens with zero attached hydrogens (tertiary/aromatic N) is 1. The van der Waals surface area contributed by atoms with Crippen molar-refractivity contribution in [2.75, 3.05) is 26.7 Å². The Kier molecular flexibility index (Phi) is 7.52. The summed E-state index contributed by atoms with van der Waals surface area (Å²) >= 11 is 1.70. The standard InChI is InChI=1S/C19H24N2O2S/c1-3-12-21(14-18-5-4-13-24-18)15-19(22)20-11-10-16-6-8-17(23-2)9-7-16/h3-9,13H,1,10-12,14-15H2,2H3,(H,20,22). The van der Waals surface area contributed by atoms with Crippen molar-refractivity contribution in [1.82, 2.24) is 10.2 Å². The van der Waals surface area contributed by atoms with Crippen LogP contribution in [0.1, 0.15) is 10.4 Å². The number of methoxy groups -OCH3 is 1. The van der Waals surface area contributed by atoms with Gasteiger partial charge in [-0.05, 0) is 35.6 Å². The Morgan fingerprint density at radius 1 is 1.33 bits per heavy atom. The Balaban J connectivity index is 1.74. The van der Waals surface area contributed by atoms with Crippen LogP contribution in [0.5, 0.6) is 5.75 Å². The quantitative estimate of drug-likeness (QED) is 0.674. The molecule has 1 heterocycles. The minimum Gasteiger partial charge on any atom is -0.497 e. The van der Waals surface area contributed by atoms with E-state index in [0.29, 0.717) is 19.6 Å². The van der Waals surface area contributed by atoms with Crippen LogP contribution in [0.2, 0.25) is 0 Å². The van der Waals surface area contributed by atoms with Gasteiger partial charge in [0.2, 0.25) is 5.91 Å². The highest BCUT2D eigenvalue weighted by atomic mass is 32.1. The Labute approximate surface area is 147 Å². The highest BCUT2D eigenvalue weighted by Crippen LogP contribution is 2.12. The zero-order valence-corrected chi connectivity index (χ0v) is 14.8. The summed E-state index contributed by atoms with van der Waals surface area (Å²) in [6.45, 7) is 6.26. The molecule has 0 aliphatic carbocycles. The minimum atomic E-state index is 0.0434. The molecule has 0 atom stereocenters. The maximum Gasteiger partial charge on any atom is 0.234 e. The molecule has 2 rings (SSSR count). The van der Waals surface area contributed by atoms with Gasteiger partial charge in [-0.25, -0.2) is 0 Å². The van der Waals surface area contributed by atoms with Crippen LogP contribution < -0.4 is 10.1 Å². The summed E-state index contributed by atoms with van der Waals surface area (Å²) < 4.78 is 5.14. The smallest absolute Gasteiger partial charge is 0.234 e. The van der Waals surface area contributed by atoms with Crippen LogP contribution in [-0.4, -0.2) is 37.6 Å². The molecule has 0 fully saturated rings. The van der Waals surface area contributed by atoms with E-state index >= 15 is 0 Å². The number of nitrogens with one attached hydrogen (secondary N) is 1. The van der Waals surface area contributed by atoms with Crippen LogP contribution in [0.15, 0.2) is 54.4 Å². The van der Waals surface area contributed by atoms with E-state index in [9.17, 15) is 4.79 Å². The van der Waals surface area contributed by atoms with E-state index in [4.69, 9.17) is 4.74 Å². The normalized spacial score (nSPS) is 10.6. The molecule has 0 spiro atoms. The zero-order valence-electron chi connectivity index (χ0n) is 14.0. The Morgan fingerprint density at radius 3 is 2.75 bits per heavy atom. The Bertz CT molecular complexity index is 623. The molecule has 0 aliphatic heterocycles. The second kappa shape index (κ2) is 9.90. The fraction of sp³-hybridized carbons (Fsp3) is 0.316. The van der Waals surface area contributed by atoms with E-state index in [-0.39, 0.29) is 5.91 Å². The van der Waals surface area contributed by atoms with E-state index in [1.54, 1.807) is 18.4 Å². The molecule has 0 unspecified atom stereocenters. The predicted octanol–water partition coefficient (Wildman–Crippen LogP) is 3.10. The van der Waals surface area contributed by atoms with Crippen molar-refractivity contribution in [2.45, 2.75) is 13.0 Å². The minimum absolute atomic E-state index is 0.0434. The first-order valence-electron chi connectivity index (χ1n) is 7.96. The maximum atomic E-state index is 12.1. The molecule has 128 valence electrons. The van der Waals surface area contributed by atoms with Gasteiger partial charge in [-0.2, -0.15) is 0 Å². The molecule has 1 aromatic heterocycles. The van der Waals surface area contributed by atoms with Crippen LogP contribution in [0.3, 0.4) is 0 Å². The second-order valence-corrected chi connectivity index (χ2v) is 6.52. The first-order chi connectivity index (χ1) is 11.7. The third-order valence-corrected chi connectivity index (χ3v) is 4.47.